The van der Waals surface area contributed by atoms with E-state index in [2.05, 4.69) is 15.6 Å². The standard InChI is InChI=1S/C18H20ClN3O3/c1-2-25-18(24)22-12-15-11-14(8-9-20-15)17(23)21-10-7-13-5-3-4-6-16(13)19/h3-6,8-9,11H,2,7,10,12H2,1H3,(H,21,23)(H,22,24). The van der Waals surface area contributed by atoms with E-state index >= 15 is 0 Å². The maximum Gasteiger partial charge on any atom is 0.407 e. The van der Waals surface area contributed by atoms with Crippen LogP contribution in [0.15, 0.2) is 42.6 Å². The Morgan fingerprint density at radius 1 is 1.20 bits per heavy atom. The summed E-state index contributed by atoms with van der Waals surface area (Å²) in [5.74, 6) is -0.202. The molecule has 2 rings (SSSR count). The number of pyridine rings is 1. The Labute approximate surface area is 151 Å². The molecular weight excluding hydrogens is 342 g/mol. The molecule has 0 atom stereocenters. The summed E-state index contributed by atoms with van der Waals surface area (Å²) in [5, 5.41) is 6.10. The van der Waals surface area contributed by atoms with Crippen LogP contribution in [0, 0.1) is 0 Å². The second-order valence-corrected chi connectivity index (χ2v) is 5.61. The van der Waals surface area contributed by atoms with Gasteiger partial charge in [-0.2, -0.15) is 0 Å². The van der Waals surface area contributed by atoms with Crippen molar-refractivity contribution in [2.24, 2.45) is 0 Å². The minimum Gasteiger partial charge on any atom is -0.450 e. The molecule has 7 heteroatoms. The molecule has 0 aliphatic rings. The number of carbonyl (C=O) groups excluding carboxylic acids is 2. The Hall–Kier alpha value is -2.60. The summed E-state index contributed by atoms with van der Waals surface area (Å²) in [6, 6.07) is 10.8. The second kappa shape index (κ2) is 9.64. The van der Waals surface area contributed by atoms with Gasteiger partial charge in [-0.3, -0.25) is 9.78 Å². The summed E-state index contributed by atoms with van der Waals surface area (Å²) in [4.78, 5) is 27.6. The minimum atomic E-state index is -0.515. The first-order valence-electron chi connectivity index (χ1n) is 7.97. The van der Waals surface area contributed by atoms with Crippen LogP contribution in [0.1, 0.15) is 28.5 Å². The number of ether oxygens (including phenoxy) is 1. The van der Waals surface area contributed by atoms with Crippen molar-refractivity contribution in [2.75, 3.05) is 13.2 Å². The maximum atomic E-state index is 12.2. The molecule has 25 heavy (non-hydrogen) atoms. The number of nitrogens with zero attached hydrogens (tertiary/aromatic N) is 1. The van der Waals surface area contributed by atoms with Gasteiger partial charge in [0, 0.05) is 23.3 Å². The number of benzene rings is 1. The number of hydrogen-bond donors (Lipinski definition) is 2. The van der Waals surface area contributed by atoms with Gasteiger partial charge in [-0.1, -0.05) is 29.8 Å². The SMILES string of the molecule is CCOC(=O)NCc1cc(C(=O)NCCc2ccccc2Cl)ccn1. The number of amides is 2. The summed E-state index contributed by atoms with van der Waals surface area (Å²) < 4.78 is 4.78. The Kier molecular flexibility index (Phi) is 7.22. The van der Waals surface area contributed by atoms with E-state index in [0.29, 0.717) is 35.9 Å². The van der Waals surface area contributed by atoms with Crippen LogP contribution in [0.4, 0.5) is 4.79 Å². The van der Waals surface area contributed by atoms with Crippen molar-refractivity contribution in [1.29, 1.82) is 0 Å². The molecule has 1 aromatic carbocycles. The summed E-state index contributed by atoms with van der Waals surface area (Å²) in [6.07, 6.45) is 1.66. The molecule has 2 amide bonds. The van der Waals surface area contributed by atoms with Gasteiger partial charge >= 0.3 is 6.09 Å². The highest BCUT2D eigenvalue weighted by atomic mass is 35.5. The first-order chi connectivity index (χ1) is 12.1. The first-order valence-corrected chi connectivity index (χ1v) is 8.35. The second-order valence-electron chi connectivity index (χ2n) is 5.21. The zero-order chi connectivity index (χ0) is 18.1. The third-order valence-corrected chi connectivity index (χ3v) is 3.77. The molecular formula is C18H20ClN3O3. The van der Waals surface area contributed by atoms with Crippen LogP contribution in [0.25, 0.3) is 0 Å². The van der Waals surface area contributed by atoms with Gasteiger partial charge in [0.25, 0.3) is 5.91 Å². The van der Waals surface area contributed by atoms with E-state index in [1.807, 2.05) is 24.3 Å². The summed E-state index contributed by atoms with van der Waals surface area (Å²) in [6.45, 7) is 2.69. The monoisotopic (exact) mass is 361 g/mol. The van der Waals surface area contributed by atoms with E-state index in [0.717, 1.165) is 5.56 Å². The molecule has 1 aromatic heterocycles. The normalized spacial score (nSPS) is 10.2. The molecule has 1 heterocycles. The van der Waals surface area contributed by atoms with Crippen molar-refractivity contribution in [1.82, 2.24) is 15.6 Å². The lowest BCUT2D eigenvalue weighted by atomic mass is 10.1. The number of nitrogens with one attached hydrogen (secondary N) is 2. The fourth-order valence-electron chi connectivity index (χ4n) is 2.17. The molecule has 2 N–H and O–H groups in total. The van der Waals surface area contributed by atoms with Crippen LogP contribution in [0.5, 0.6) is 0 Å². The zero-order valence-electron chi connectivity index (χ0n) is 13.9. The fraction of sp³-hybridized carbons (Fsp3) is 0.278. The Balaban J connectivity index is 1.86. The van der Waals surface area contributed by atoms with E-state index in [1.165, 1.54) is 6.20 Å². The molecule has 6 nitrogen and oxygen atoms in total. The van der Waals surface area contributed by atoms with Crippen molar-refractivity contribution in [3.05, 3.63) is 64.4 Å². The highest BCUT2D eigenvalue weighted by Gasteiger charge is 2.08. The van der Waals surface area contributed by atoms with Crippen molar-refractivity contribution in [3.63, 3.8) is 0 Å². The van der Waals surface area contributed by atoms with E-state index in [9.17, 15) is 9.59 Å². The van der Waals surface area contributed by atoms with E-state index < -0.39 is 6.09 Å². The third kappa shape index (κ3) is 6.08. The summed E-state index contributed by atoms with van der Waals surface area (Å²) >= 11 is 6.09. The minimum absolute atomic E-state index is 0.194. The third-order valence-electron chi connectivity index (χ3n) is 3.41. The molecule has 132 valence electrons. The molecule has 0 spiro atoms. The highest BCUT2D eigenvalue weighted by molar-refractivity contribution is 6.31. The van der Waals surface area contributed by atoms with E-state index in [-0.39, 0.29) is 12.5 Å². The molecule has 2 aromatic rings. The van der Waals surface area contributed by atoms with Crippen LogP contribution >= 0.6 is 11.6 Å². The van der Waals surface area contributed by atoms with Gasteiger partial charge in [-0.15, -0.1) is 0 Å². The van der Waals surface area contributed by atoms with Gasteiger partial charge in [0.05, 0.1) is 18.8 Å². The number of hydrogen-bond acceptors (Lipinski definition) is 4. The molecule has 0 bridgehead atoms. The van der Waals surface area contributed by atoms with Gasteiger partial charge in [0.15, 0.2) is 0 Å². The molecule has 0 fully saturated rings. The summed E-state index contributed by atoms with van der Waals surface area (Å²) in [7, 11) is 0. The lowest BCUT2D eigenvalue weighted by Crippen LogP contribution is -2.27. The smallest absolute Gasteiger partial charge is 0.407 e. The Morgan fingerprint density at radius 2 is 2.00 bits per heavy atom. The molecule has 0 radical (unpaired) electrons. The average molecular weight is 362 g/mol. The van der Waals surface area contributed by atoms with Crippen molar-refractivity contribution >= 4 is 23.6 Å². The van der Waals surface area contributed by atoms with Crippen LogP contribution in [0.3, 0.4) is 0 Å². The van der Waals surface area contributed by atoms with Gasteiger partial charge in [-0.05, 0) is 37.1 Å². The van der Waals surface area contributed by atoms with Crippen LogP contribution in [-0.2, 0) is 17.7 Å². The average Bonchev–Trinajstić information content (AvgIpc) is 2.62. The number of rotatable bonds is 7. The largest absolute Gasteiger partial charge is 0.450 e. The summed E-state index contributed by atoms with van der Waals surface area (Å²) in [5.41, 5.74) is 2.04. The van der Waals surface area contributed by atoms with Gasteiger partial charge in [0.1, 0.15) is 0 Å². The Morgan fingerprint density at radius 3 is 2.76 bits per heavy atom. The molecule has 0 aliphatic heterocycles. The predicted molar refractivity (Wildman–Crippen MR) is 95.6 cm³/mol. The molecule has 0 saturated carbocycles. The quantitative estimate of drug-likeness (QED) is 0.794. The number of aromatic nitrogens is 1. The van der Waals surface area contributed by atoms with Gasteiger partial charge in [-0.25, -0.2) is 4.79 Å². The van der Waals surface area contributed by atoms with Gasteiger partial charge < -0.3 is 15.4 Å². The molecule has 0 aliphatic carbocycles. The highest BCUT2D eigenvalue weighted by Crippen LogP contribution is 2.14. The molecule has 0 saturated heterocycles. The van der Waals surface area contributed by atoms with Crippen molar-refractivity contribution < 1.29 is 14.3 Å². The first kappa shape index (κ1) is 18.7. The van der Waals surface area contributed by atoms with Gasteiger partial charge in [0.2, 0.25) is 0 Å². The maximum absolute atomic E-state index is 12.2. The number of alkyl carbamates (subject to hydrolysis) is 1. The fourth-order valence-corrected chi connectivity index (χ4v) is 2.41. The van der Waals surface area contributed by atoms with Crippen LogP contribution < -0.4 is 10.6 Å². The Bertz CT molecular complexity index is 737. The van der Waals surface area contributed by atoms with E-state index in [1.54, 1.807) is 19.1 Å². The zero-order valence-corrected chi connectivity index (χ0v) is 14.7. The number of halogens is 1. The van der Waals surface area contributed by atoms with Crippen molar-refractivity contribution in [3.8, 4) is 0 Å². The van der Waals surface area contributed by atoms with Crippen LogP contribution in [-0.4, -0.2) is 30.1 Å². The predicted octanol–water partition coefficient (Wildman–Crippen LogP) is 2.95. The molecule has 0 unspecified atom stereocenters. The van der Waals surface area contributed by atoms with Crippen LogP contribution in [0.2, 0.25) is 5.02 Å². The van der Waals surface area contributed by atoms with Crippen molar-refractivity contribution in [2.45, 2.75) is 19.9 Å². The lowest BCUT2D eigenvalue weighted by Gasteiger charge is -2.08. The lowest BCUT2D eigenvalue weighted by molar-refractivity contribution is 0.0954. The number of carbonyl (C=O) groups is 2. The topological polar surface area (TPSA) is 80.3 Å². The van der Waals surface area contributed by atoms with E-state index in [4.69, 9.17) is 16.3 Å².